The number of carbonyl (C=O) groups excluding carboxylic acids is 2. The lowest BCUT2D eigenvalue weighted by molar-refractivity contribution is 0.0521. The fraction of sp³-hybridized carbons (Fsp3) is 0.357. The molecular weight excluding hydrogens is 513 g/mol. The lowest BCUT2D eigenvalue weighted by Crippen LogP contribution is -2.49. The SMILES string of the molecule is C=C(/C=C\C(=C/C)Oc1ccc(Cl)cc1)N1C(=O)O[C@@H](CNC(=O)N2CCOCC2)[C@@H]1C1=CC(F)=CCC1. The second-order valence-corrected chi connectivity index (χ2v) is 9.38. The maximum atomic E-state index is 14.2. The Labute approximate surface area is 226 Å². The Hall–Kier alpha value is -3.56. The molecule has 1 aromatic rings. The molecule has 0 bridgehead atoms. The highest BCUT2D eigenvalue weighted by Gasteiger charge is 2.45. The van der Waals surface area contributed by atoms with E-state index in [9.17, 15) is 14.0 Å². The molecule has 10 heteroatoms. The summed E-state index contributed by atoms with van der Waals surface area (Å²) in [7, 11) is 0. The second-order valence-electron chi connectivity index (χ2n) is 8.94. The van der Waals surface area contributed by atoms with Gasteiger partial charge in [-0.1, -0.05) is 18.2 Å². The zero-order chi connectivity index (χ0) is 27.1. The van der Waals surface area contributed by atoms with Gasteiger partial charge in [0.25, 0.3) is 0 Å². The third-order valence-electron chi connectivity index (χ3n) is 6.39. The molecule has 0 spiro atoms. The Morgan fingerprint density at radius 3 is 2.68 bits per heavy atom. The highest BCUT2D eigenvalue weighted by molar-refractivity contribution is 6.30. The second kappa shape index (κ2) is 12.8. The number of allylic oxidation sites excluding steroid dienone is 6. The first-order chi connectivity index (χ1) is 18.4. The number of halogens is 2. The van der Waals surface area contributed by atoms with E-state index < -0.39 is 18.2 Å². The van der Waals surface area contributed by atoms with Crippen LogP contribution < -0.4 is 10.1 Å². The highest BCUT2D eigenvalue weighted by Crippen LogP contribution is 2.34. The predicted molar refractivity (Wildman–Crippen MR) is 142 cm³/mol. The Kier molecular flexibility index (Phi) is 9.25. The standard InChI is InChI=1S/C28H31ClFN3O5/c1-3-23(37-24-11-8-21(29)9-12-24)10-7-19(2)33-26(20-5-4-6-22(30)17-20)25(38-28(33)35)18-31-27(34)32-13-15-36-16-14-32/h3,6-12,17,25-26H,2,4-5,13-16,18H2,1H3,(H,31,34)/b10-7-,23-3+/t25-,26-/m0/s1. The van der Waals surface area contributed by atoms with Crippen molar-refractivity contribution >= 4 is 23.7 Å². The number of benzene rings is 1. The number of amides is 3. The molecule has 2 saturated heterocycles. The summed E-state index contributed by atoms with van der Waals surface area (Å²) in [5.74, 6) is 0.759. The van der Waals surface area contributed by atoms with Crippen molar-refractivity contribution in [2.24, 2.45) is 0 Å². The molecular formula is C28H31ClFN3O5. The van der Waals surface area contributed by atoms with E-state index in [1.165, 1.54) is 17.1 Å². The summed E-state index contributed by atoms with van der Waals surface area (Å²) in [5.41, 5.74) is 1.04. The fourth-order valence-electron chi connectivity index (χ4n) is 4.46. The molecule has 3 aliphatic rings. The quantitative estimate of drug-likeness (QED) is 0.346. The van der Waals surface area contributed by atoms with E-state index in [2.05, 4.69) is 11.9 Å². The van der Waals surface area contributed by atoms with E-state index >= 15 is 0 Å². The molecule has 0 saturated carbocycles. The van der Waals surface area contributed by atoms with E-state index in [0.717, 1.165) is 0 Å². The minimum atomic E-state index is -0.721. The van der Waals surface area contributed by atoms with E-state index in [0.29, 0.717) is 66.9 Å². The smallest absolute Gasteiger partial charge is 0.415 e. The van der Waals surface area contributed by atoms with Crippen LogP contribution in [0.2, 0.25) is 5.02 Å². The molecule has 0 unspecified atom stereocenters. The fourth-order valence-corrected chi connectivity index (χ4v) is 4.58. The monoisotopic (exact) mass is 543 g/mol. The zero-order valence-corrected chi connectivity index (χ0v) is 22.0. The van der Waals surface area contributed by atoms with Crippen molar-refractivity contribution in [1.29, 1.82) is 0 Å². The number of nitrogens with zero attached hydrogens (tertiary/aromatic N) is 2. The first-order valence-corrected chi connectivity index (χ1v) is 12.9. The molecule has 4 rings (SSSR count). The zero-order valence-electron chi connectivity index (χ0n) is 21.2. The van der Waals surface area contributed by atoms with Crippen LogP contribution in [-0.2, 0) is 9.47 Å². The average molecular weight is 544 g/mol. The van der Waals surface area contributed by atoms with E-state index in [4.69, 9.17) is 25.8 Å². The van der Waals surface area contributed by atoms with Gasteiger partial charge in [-0.2, -0.15) is 0 Å². The van der Waals surface area contributed by atoms with Gasteiger partial charge in [0.05, 0.1) is 19.8 Å². The van der Waals surface area contributed by atoms with Gasteiger partial charge in [0.1, 0.15) is 29.5 Å². The van der Waals surface area contributed by atoms with Gasteiger partial charge in [-0.15, -0.1) is 0 Å². The normalized spacial score (nSPS) is 22.2. The van der Waals surface area contributed by atoms with Crippen LogP contribution in [-0.4, -0.2) is 66.9 Å². The largest absolute Gasteiger partial charge is 0.458 e. The van der Waals surface area contributed by atoms with Crippen molar-refractivity contribution in [2.45, 2.75) is 31.9 Å². The van der Waals surface area contributed by atoms with Crippen LogP contribution in [0, 0.1) is 0 Å². The van der Waals surface area contributed by atoms with Crippen molar-refractivity contribution in [1.82, 2.24) is 15.1 Å². The number of carbonyl (C=O) groups is 2. The molecule has 0 radical (unpaired) electrons. The third-order valence-corrected chi connectivity index (χ3v) is 6.64. The van der Waals surface area contributed by atoms with E-state index in [1.54, 1.807) is 47.4 Å². The molecule has 38 heavy (non-hydrogen) atoms. The molecule has 3 amide bonds. The average Bonchev–Trinajstić information content (AvgIpc) is 3.27. The van der Waals surface area contributed by atoms with Crippen LogP contribution in [0.1, 0.15) is 19.8 Å². The van der Waals surface area contributed by atoms with Gasteiger partial charge < -0.3 is 24.4 Å². The number of urea groups is 1. The summed E-state index contributed by atoms with van der Waals surface area (Å²) in [4.78, 5) is 28.7. The maximum absolute atomic E-state index is 14.2. The molecule has 1 aliphatic carbocycles. The third kappa shape index (κ3) is 6.85. The molecule has 8 nitrogen and oxygen atoms in total. The van der Waals surface area contributed by atoms with Crippen LogP contribution >= 0.6 is 11.6 Å². The first kappa shape index (κ1) is 27.5. The van der Waals surface area contributed by atoms with E-state index in [1.807, 2.05) is 6.92 Å². The lowest BCUT2D eigenvalue weighted by Gasteiger charge is -2.30. The molecule has 2 aliphatic heterocycles. The summed E-state index contributed by atoms with van der Waals surface area (Å²) >= 11 is 5.94. The Bertz CT molecular complexity index is 1170. The summed E-state index contributed by atoms with van der Waals surface area (Å²) < 4.78 is 31.0. The van der Waals surface area contributed by atoms with Crippen molar-refractivity contribution in [3.05, 3.63) is 89.1 Å². The van der Waals surface area contributed by atoms with Crippen LogP contribution in [0.5, 0.6) is 5.75 Å². The number of hydrogen-bond acceptors (Lipinski definition) is 5. The molecule has 2 heterocycles. The highest BCUT2D eigenvalue weighted by atomic mass is 35.5. The van der Waals surface area contributed by atoms with Crippen molar-refractivity contribution < 1.29 is 28.2 Å². The van der Waals surface area contributed by atoms with Crippen molar-refractivity contribution in [3.8, 4) is 5.75 Å². The molecule has 0 aromatic heterocycles. The number of nitrogens with one attached hydrogen (secondary N) is 1. The maximum Gasteiger partial charge on any atom is 0.415 e. The van der Waals surface area contributed by atoms with Crippen LogP contribution in [0.3, 0.4) is 0 Å². The summed E-state index contributed by atoms with van der Waals surface area (Å²) in [6, 6.07) is 6.05. The van der Waals surface area contributed by atoms with E-state index in [-0.39, 0.29) is 18.4 Å². The number of ether oxygens (including phenoxy) is 3. The number of morpholine rings is 1. The summed E-state index contributed by atoms with van der Waals surface area (Å²) in [5, 5.41) is 3.45. The summed E-state index contributed by atoms with van der Waals surface area (Å²) in [6.45, 7) is 7.89. The molecule has 2 atom stereocenters. The van der Waals surface area contributed by atoms with Gasteiger partial charge in [0.15, 0.2) is 0 Å². The predicted octanol–water partition coefficient (Wildman–Crippen LogP) is 5.50. The van der Waals surface area contributed by atoms with Crippen molar-refractivity contribution in [2.75, 3.05) is 32.8 Å². The number of rotatable bonds is 8. The van der Waals surface area contributed by atoms with Gasteiger partial charge in [-0.3, -0.25) is 4.90 Å². The van der Waals surface area contributed by atoms with Gasteiger partial charge in [0.2, 0.25) is 0 Å². The first-order valence-electron chi connectivity index (χ1n) is 12.5. The Balaban J connectivity index is 1.49. The number of cyclic esters (lactones) is 1. The molecule has 202 valence electrons. The topological polar surface area (TPSA) is 80.3 Å². The van der Waals surface area contributed by atoms with Gasteiger partial charge in [-0.25, -0.2) is 14.0 Å². The Morgan fingerprint density at radius 2 is 2.00 bits per heavy atom. The minimum absolute atomic E-state index is 0.0720. The van der Waals surface area contributed by atoms with Gasteiger partial charge >= 0.3 is 12.1 Å². The van der Waals surface area contributed by atoms with Crippen LogP contribution in [0.25, 0.3) is 0 Å². The van der Waals surface area contributed by atoms with Crippen molar-refractivity contribution in [3.63, 3.8) is 0 Å². The lowest BCUT2D eigenvalue weighted by atomic mass is 9.92. The summed E-state index contributed by atoms with van der Waals surface area (Å²) in [6.07, 6.45) is 7.74. The van der Waals surface area contributed by atoms with Gasteiger partial charge in [-0.05, 0) is 80.0 Å². The minimum Gasteiger partial charge on any atom is -0.458 e. The molecule has 1 N–H and O–H groups in total. The van der Waals surface area contributed by atoms with Gasteiger partial charge in [0, 0.05) is 23.8 Å². The number of hydrogen-bond donors (Lipinski definition) is 1. The van der Waals surface area contributed by atoms with Crippen LogP contribution in [0.4, 0.5) is 14.0 Å². The van der Waals surface area contributed by atoms with Crippen LogP contribution in [0.15, 0.2) is 84.1 Å². The Morgan fingerprint density at radius 1 is 1.26 bits per heavy atom. The molecule has 1 aromatic carbocycles. The molecule has 2 fully saturated rings.